The monoisotopic (exact) mass is 449 g/mol. The van der Waals surface area contributed by atoms with Gasteiger partial charge in [0.05, 0.1) is 19.3 Å². The molecule has 0 saturated heterocycles. The fourth-order valence-corrected chi connectivity index (χ4v) is 3.78. The molecule has 7 nitrogen and oxygen atoms in total. The Balaban J connectivity index is 0.000000511. The lowest BCUT2D eigenvalue weighted by atomic mass is 10.3. The molecule has 0 aliphatic carbocycles. The molecule has 0 aromatic heterocycles. The van der Waals surface area contributed by atoms with Gasteiger partial charge in [0.25, 0.3) is 0 Å². The standard InChI is InChI=1S/C10H20N2.C2F6NO4S2/c1-5-6-7-12-10(3)8-9(2)11(12)4;3-1(4,5)14(10,11)9-15(12,13)2(6,7)8/h8,10H,5-7H2,1-4H3;/q;-1/p+1. The van der Waals surface area contributed by atoms with Crippen molar-refractivity contribution >= 4 is 20.0 Å². The fraction of sp³-hybridized carbons (Fsp3) is 0.833. The van der Waals surface area contributed by atoms with Crippen molar-refractivity contribution in [3.05, 3.63) is 15.9 Å². The Hall–Kier alpha value is -1.06. The van der Waals surface area contributed by atoms with Crippen molar-refractivity contribution in [3.63, 3.8) is 0 Å². The van der Waals surface area contributed by atoms with E-state index in [1.54, 1.807) is 5.01 Å². The third kappa shape index (κ3) is 7.12. The lowest BCUT2D eigenvalue weighted by Gasteiger charge is -2.26. The highest BCUT2D eigenvalue weighted by Crippen LogP contribution is 2.36. The lowest BCUT2D eigenvalue weighted by Crippen LogP contribution is -3.18. The van der Waals surface area contributed by atoms with E-state index >= 15 is 0 Å². The first kappa shape index (κ1) is 25.9. The van der Waals surface area contributed by atoms with E-state index in [9.17, 15) is 43.2 Å². The van der Waals surface area contributed by atoms with Gasteiger partial charge in [-0.2, -0.15) is 26.3 Å². The molecular formula is C12H21F6N3O4S2. The Labute approximate surface area is 154 Å². The van der Waals surface area contributed by atoms with Crippen LogP contribution in [0.1, 0.15) is 33.6 Å². The molecule has 0 aromatic carbocycles. The summed E-state index contributed by atoms with van der Waals surface area (Å²) < 4.78 is 109. The molecule has 1 N–H and O–H groups in total. The highest BCUT2D eigenvalue weighted by molar-refractivity contribution is 8.13. The van der Waals surface area contributed by atoms with E-state index in [1.807, 2.05) is 0 Å². The van der Waals surface area contributed by atoms with E-state index in [-0.39, 0.29) is 0 Å². The molecule has 15 heteroatoms. The number of rotatable bonds is 5. The highest BCUT2D eigenvalue weighted by atomic mass is 32.3. The maximum Gasteiger partial charge on any atom is 0.480 e. The smallest absolute Gasteiger partial charge is 0.421 e. The molecule has 1 rings (SSSR count). The molecule has 0 spiro atoms. The van der Waals surface area contributed by atoms with Crippen LogP contribution in [0.3, 0.4) is 0 Å². The van der Waals surface area contributed by atoms with Crippen LogP contribution in [0.15, 0.2) is 11.8 Å². The average Bonchev–Trinajstić information content (AvgIpc) is 2.67. The van der Waals surface area contributed by atoms with Crippen molar-refractivity contribution in [1.29, 1.82) is 0 Å². The van der Waals surface area contributed by atoms with E-state index < -0.39 is 31.1 Å². The van der Waals surface area contributed by atoms with E-state index in [0.29, 0.717) is 6.04 Å². The van der Waals surface area contributed by atoms with Gasteiger partial charge in [0.15, 0.2) is 20.0 Å². The number of hydrogen-bond acceptors (Lipinski definition) is 5. The third-order valence-electron chi connectivity index (χ3n) is 3.54. The second kappa shape index (κ2) is 8.96. The molecular weight excluding hydrogens is 428 g/mol. The maximum atomic E-state index is 11.4. The lowest BCUT2D eigenvalue weighted by molar-refractivity contribution is -1.01. The summed E-state index contributed by atoms with van der Waals surface area (Å²) >= 11 is 0. The molecule has 0 fully saturated rings. The van der Waals surface area contributed by atoms with Gasteiger partial charge in [-0.05, 0) is 26.3 Å². The van der Waals surface area contributed by atoms with Gasteiger partial charge in [0.2, 0.25) is 0 Å². The molecule has 0 bridgehead atoms. The molecule has 162 valence electrons. The second-order valence-electron chi connectivity index (χ2n) is 5.67. The number of unbranched alkanes of at least 4 members (excludes halogenated alkanes) is 1. The Bertz CT molecular complexity index is 689. The first-order valence-corrected chi connectivity index (χ1v) is 10.4. The number of allylic oxidation sites excluding steroid dienone is 1. The molecule has 2 unspecified atom stereocenters. The van der Waals surface area contributed by atoms with E-state index in [2.05, 4.69) is 38.9 Å². The van der Waals surface area contributed by atoms with Crippen LogP contribution >= 0.6 is 0 Å². The van der Waals surface area contributed by atoms with Crippen LogP contribution in [0.5, 0.6) is 0 Å². The molecule has 2 atom stereocenters. The van der Waals surface area contributed by atoms with Gasteiger partial charge in [-0.3, -0.25) is 0 Å². The topological polar surface area (TPSA) is 90.1 Å². The van der Waals surface area contributed by atoms with Gasteiger partial charge < -0.3 is 4.13 Å². The predicted octanol–water partition coefficient (Wildman–Crippen LogP) is 1.88. The number of quaternary nitrogens is 1. The van der Waals surface area contributed by atoms with Gasteiger partial charge in [-0.15, -0.1) is 0 Å². The summed E-state index contributed by atoms with van der Waals surface area (Å²) in [4.78, 5) is 0. The molecule has 1 heterocycles. The van der Waals surface area contributed by atoms with Crippen molar-refractivity contribution in [2.24, 2.45) is 0 Å². The summed E-state index contributed by atoms with van der Waals surface area (Å²) in [5, 5.41) is 3.94. The third-order valence-corrected chi connectivity index (χ3v) is 6.28. The first-order valence-electron chi connectivity index (χ1n) is 7.52. The van der Waals surface area contributed by atoms with E-state index in [4.69, 9.17) is 0 Å². The number of nitrogens with one attached hydrogen (secondary N) is 1. The number of alkyl halides is 6. The normalized spacial score (nSPS) is 21.6. The summed E-state index contributed by atoms with van der Waals surface area (Å²) in [6.45, 7) is 8.00. The Morgan fingerprint density at radius 3 is 1.74 bits per heavy atom. The Morgan fingerprint density at radius 1 is 1.07 bits per heavy atom. The number of nitrogens with zero attached hydrogens (tertiary/aromatic N) is 2. The second-order valence-corrected chi connectivity index (χ2v) is 9.09. The average molecular weight is 449 g/mol. The summed E-state index contributed by atoms with van der Waals surface area (Å²) in [6, 6.07) is 0.668. The van der Waals surface area contributed by atoms with Crippen LogP contribution in [0, 0.1) is 0 Å². The van der Waals surface area contributed by atoms with Crippen LogP contribution in [-0.2, 0) is 20.0 Å². The molecule has 27 heavy (non-hydrogen) atoms. The fourth-order valence-electron chi connectivity index (χ4n) is 2.07. The minimum Gasteiger partial charge on any atom is -0.421 e. The van der Waals surface area contributed by atoms with Crippen molar-refractivity contribution in [2.45, 2.75) is 50.7 Å². The maximum absolute atomic E-state index is 11.4. The van der Waals surface area contributed by atoms with Crippen LogP contribution in [-0.4, -0.2) is 52.5 Å². The SMILES string of the molecule is CCCC[NH+]1C(C)C=C(C)N1C.O=S(=O)([N-]S(=O)(=O)C(F)(F)F)C(F)(F)F. The Morgan fingerprint density at radius 2 is 1.48 bits per heavy atom. The van der Waals surface area contributed by atoms with E-state index in [0.717, 1.165) is 4.13 Å². The molecule has 1 aliphatic rings. The van der Waals surface area contributed by atoms with E-state index in [1.165, 1.54) is 25.1 Å². The first-order chi connectivity index (χ1) is 11.9. The molecule has 0 aromatic rings. The van der Waals surface area contributed by atoms with Crippen molar-refractivity contribution in [3.8, 4) is 0 Å². The minimum absolute atomic E-state index is 0.668. The van der Waals surface area contributed by atoms with Crippen molar-refractivity contribution in [2.75, 3.05) is 13.6 Å². The minimum atomic E-state index is -6.72. The van der Waals surface area contributed by atoms with Crippen molar-refractivity contribution < 1.29 is 48.2 Å². The zero-order valence-electron chi connectivity index (χ0n) is 14.9. The zero-order chi connectivity index (χ0) is 21.8. The molecule has 0 radical (unpaired) electrons. The number of halogens is 6. The van der Waals surface area contributed by atoms with Crippen LogP contribution in [0.25, 0.3) is 4.13 Å². The van der Waals surface area contributed by atoms with Crippen LogP contribution in [0.2, 0.25) is 0 Å². The summed E-state index contributed by atoms with van der Waals surface area (Å²) in [7, 11) is -11.3. The molecule has 0 amide bonds. The van der Waals surface area contributed by atoms with Gasteiger partial charge >= 0.3 is 11.0 Å². The van der Waals surface area contributed by atoms with Gasteiger partial charge in [0, 0.05) is 0 Å². The van der Waals surface area contributed by atoms with Crippen molar-refractivity contribution in [1.82, 2.24) is 5.01 Å². The summed E-state index contributed by atoms with van der Waals surface area (Å²) in [5.74, 6) is 0. The van der Waals surface area contributed by atoms with Gasteiger partial charge in [0.1, 0.15) is 6.04 Å². The molecule has 0 saturated carbocycles. The Kier molecular flexibility index (Phi) is 8.61. The zero-order valence-corrected chi connectivity index (χ0v) is 16.5. The number of sulfonamides is 2. The quantitative estimate of drug-likeness (QED) is 0.648. The number of hydrogen-bond donors (Lipinski definition) is 1. The van der Waals surface area contributed by atoms with Crippen LogP contribution < -0.4 is 5.01 Å². The largest absolute Gasteiger partial charge is 0.480 e. The molecule has 1 aliphatic heterocycles. The van der Waals surface area contributed by atoms with Gasteiger partial charge in [-0.1, -0.05) is 13.3 Å². The summed E-state index contributed by atoms with van der Waals surface area (Å²) in [6.07, 6.45) is 4.97. The van der Waals surface area contributed by atoms with Crippen LogP contribution in [0.4, 0.5) is 26.3 Å². The predicted molar refractivity (Wildman–Crippen MR) is 85.0 cm³/mol. The van der Waals surface area contributed by atoms with Gasteiger partial charge in [-0.25, -0.2) is 26.9 Å². The summed E-state index contributed by atoms with van der Waals surface area (Å²) in [5.41, 5.74) is -11.0. The highest BCUT2D eigenvalue weighted by Gasteiger charge is 2.46.